The van der Waals surface area contributed by atoms with Crippen LogP contribution in [0.1, 0.15) is 6.42 Å². The monoisotopic (exact) mass is 418 g/mol. The molecule has 0 radical (unpaired) electrons. The Kier molecular flexibility index (Phi) is 6.13. The minimum atomic E-state index is -0.916. The third-order valence-corrected chi connectivity index (χ3v) is 4.51. The second-order valence-corrected chi connectivity index (χ2v) is 6.58. The quantitative estimate of drug-likeness (QED) is 0.450. The molecule has 10 heteroatoms. The Labute approximate surface area is 170 Å². The number of amides is 2. The molecule has 0 fully saturated rings. The van der Waals surface area contributed by atoms with Crippen LogP contribution in [0.4, 0.5) is 11.4 Å². The molecule has 0 aromatic heterocycles. The number of halogens is 2. The molecule has 0 bridgehead atoms. The van der Waals surface area contributed by atoms with Gasteiger partial charge in [-0.2, -0.15) is 4.99 Å². The number of hydrogen-bond acceptors (Lipinski definition) is 4. The van der Waals surface area contributed by atoms with Crippen LogP contribution in [-0.4, -0.2) is 29.8 Å². The van der Waals surface area contributed by atoms with Gasteiger partial charge in [-0.1, -0.05) is 47.5 Å². The second kappa shape index (κ2) is 8.73. The lowest BCUT2D eigenvalue weighted by Gasteiger charge is -2.09. The zero-order valence-corrected chi connectivity index (χ0v) is 16.0. The van der Waals surface area contributed by atoms with Crippen LogP contribution in [0.5, 0.6) is 0 Å². The highest BCUT2D eigenvalue weighted by Gasteiger charge is 2.29. The molecule has 5 N–H and O–H groups in total. The third-order valence-electron chi connectivity index (χ3n) is 3.69. The van der Waals surface area contributed by atoms with E-state index in [1.807, 2.05) is 30.3 Å². The molecule has 8 nitrogen and oxygen atoms in total. The maximum absolute atomic E-state index is 12.2. The molecular weight excluding hydrogens is 403 g/mol. The summed E-state index contributed by atoms with van der Waals surface area (Å²) in [6, 6.07) is 13.1. The predicted octanol–water partition coefficient (Wildman–Crippen LogP) is 2.60. The summed E-state index contributed by atoms with van der Waals surface area (Å²) in [6.07, 6.45) is -0.181. The van der Waals surface area contributed by atoms with Crippen molar-refractivity contribution in [1.82, 2.24) is 5.32 Å². The Morgan fingerprint density at radius 2 is 1.89 bits per heavy atom. The first-order valence-electron chi connectivity index (χ1n) is 8.21. The number of hydrogen-bond donors (Lipinski definition) is 4. The molecule has 1 aliphatic rings. The number of carbonyl (C=O) groups excluding carboxylic acids is 2. The zero-order chi connectivity index (χ0) is 20.1. The molecule has 0 unspecified atom stereocenters. The number of para-hydroxylation sites is 1. The number of rotatable bonds is 4. The van der Waals surface area contributed by atoms with E-state index >= 15 is 0 Å². The lowest BCUT2D eigenvalue weighted by atomic mass is 10.2. The van der Waals surface area contributed by atoms with Gasteiger partial charge in [-0.15, -0.1) is 0 Å². The maximum atomic E-state index is 12.2. The van der Waals surface area contributed by atoms with Crippen molar-refractivity contribution in [3.63, 3.8) is 0 Å². The number of aliphatic imine (C=N–C) groups is 2. The van der Waals surface area contributed by atoms with Gasteiger partial charge in [0.2, 0.25) is 17.8 Å². The van der Waals surface area contributed by atoms with E-state index in [-0.39, 0.29) is 23.4 Å². The fourth-order valence-electron chi connectivity index (χ4n) is 2.42. The van der Waals surface area contributed by atoms with Gasteiger partial charge in [-0.25, -0.2) is 4.99 Å². The number of guanidine groups is 2. The van der Waals surface area contributed by atoms with E-state index in [2.05, 4.69) is 25.9 Å². The van der Waals surface area contributed by atoms with E-state index in [0.29, 0.717) is 10.7 Å². The molecule has 0 saturated carbocycles. The highest BCUT2D eigenvalue weighted by Crippen LogP contribution is 2.29. The molecule has 2 aromatic rings. The van der Waals surface area contributed by atoms with Crippen molar-refractivity contribution in [2.24, 2.45) is 15.7 Å². The smallest absolute Gasteiger partial charge is 0.252 e. The molecule has 144 valence electrons. The van der Waals surface area contributed by atoms with Gasteiger partial charge in [0.1, 0.15) is 6.04 Å². The van der Waals surface area contributed by atoms with Crippen molar-refractivity contribution >= 4 is 58.3 Å². The van der Waals surface area contributed by atoms with Gasteiger partial charge in [-0.3, -0.25) is 14.9 Å². The molecule has 0 saturated heterocycles. The van der Waals surface area contributed by atoms with Crippen molar-refractivity contribution in [3.8, 4) is 0 Å². The van der Waals surface area contributed by atoms with Crippen molar-refractivity contribution in [1.29, 1.82) is 0 Å². The van der Waals surface area contributed by atoms with Gasteiger partial charge in [0.15, 0.2) is 0 Å². The van der Waals surface area contributed by atoms with Crippen molar-refractivity contribution in [3.05, 3.63) is 58.6 Å². The van der Waals surface area contributed by atoms with Gasteiger partial charge in [-0.05, 0) is 24.3 Å². The first-order chi connectivity index (χ1) is 13.4. The Bertz CT molecular complexity index is 962. The average Bonchev–Trinajstić information content (AvgIpc) is 2.98. The summed E-state index contributed by atoms with van der Waals surface area (Å²) in [5, 5.41) is 8.51. The van der Waals surface area contributed by atoms with Crippen LogP contribution < -0.4 is 21.7 Å². The standard InChI is InChI=1S/C18H16Cl2N6O2/c19-11-7-4-8-12(15(11)20)23-14(27)9-13-16(28)25-18(24-13)26-17(21)22-10-5-2-1-3-6-10/h1-8,13H,9H2,(H,23,27)(H4,21,22,24,25,26,28)/t13-/m0/s1. The number of nitrogens with one attached hydrogen (secondary N) is 3. The van der Waals surface area contributed by atoms with E-state index in [1.54, 1.807) is 18.2 Å². The normalized spacial score (nSPS) is 16.4. The van der Waals surface area contributed by atoms with Gasteiger partial charge in [0, 0.05) is 5.69 Å². The van der Waals surface area contributed by atoms with Gasteiger partial charge in [0.05, 0.1) is 22.2 Å². The fourth-order valence-corrected chi connectivity index (χ4v) is 2.76. The van der Waals surface area contributed by atoms with Crippen LogP contribution in [0, 0.1) is 0 Å². The van der Waals surface area contributed by atoms with Crippen LogP contribution in [0.25, 0.3) is 0 Å². The second-order valence-electron chi connectivity index (χ2n) is 5.80. The predicted molar refractivity (Wildman–Crippen MR) is 111 cm³/mol. The van der Waals surface area contributed by atoms with Crippen molar-refractivity contribution in [2.45, 2.75) is 12.5 Å². The Hall–Kier alpha value is -3.10. The van der Waals surface area contributed by atoms with Crippen LogP contribution in [0.2, 0.25) is 10.0 Å². The minimum Gasteiger partial charge on any atom is -0.369 e. The molecule has 2 aromatic carbocycles. The number of nitrogens with zero attached hydrogens (tertiary/aromatic N) is 2. The summed E-state index contributed by atoms with van der Waals surface area (Å²) >= 11 is 12.0. The molecule has 3 rings (SSSR count). The Morgan fingerprint density at radius 3 is 2.64 bits per heavy atom. The summed E-state index contributed by atoms with van der Waals surface area (Å²) in [5.41, 5.74) is 6.91. The lowest BCUT2D eigenvalue weighted by molar-refractivity contribution is -0.123. The highest BCUT2D eigenvalue weighted by atomic mass is 35.5. The van der Waals surface area contributed by atoms with Crippen molar-refractivity contribution < 1.29 is 9.59 Å². The highest BCUT2D eigenvalue weighted by molar-refractivity contribution is 6.44. The molecule has 0 spiro atoms. The lowest BCUT2D eigenvalue weighted by Crippen LogP contribution is -2.32. The number of carbonyl (C=O) groups is 2. The summed E-state index contributed by atoms with van der Waals surface area (Å²) in [6.45, 7) is 0. The molecule has 0 aliphatic carbocycles. The maximum Gasteiger partial charge on any atom is 0.252 e. The topological polar surface area (TPSA) is 121 Å². The van der Waals surface area contributed by atoms with Gasteiger partial charge in [0.25, 0.3) is 5.91 Å². The SMILES string of the molecule is NC(=NC1=N[C@@H](CC(=O)Nc2cccc(Cl)c2Cl)C(=O)N1)Nc1ccccc1. The zero-order valence-electron chi connectivity index (χ0n) is 14.4. The Morgan fingerprint density at radius 1 is 1.14 bits per heavy atom. The molecule has 28 heavy (non-hydrogen) atoms. The number of nitrogens with two attached hydrogens (primary N) is 1. The van der Waals surface area contributed by atoms with Crippen LogP contribution >= 0.6 is 23.2 Å². The molecule has 2 amide bonds. The van der Waals surface area contributed by atoms with E-state index in [1.165, 1.54) is 0 Å². The molecule has 1 atom stereocenters. The fraction of sp³-hybridized carbons (Fsp3) is 0.111. The number of anilines is 2. The first kappa shape index (κ1) is 19.7. The summed E-state index contributed by atoms with van der Waals surface area (Å²) in [4.78, 5) is 32.4. The van der Waals surface area contributed by atoms with E-state index < -0.39 is 17.9 Å². The van der Waals surface area contributed by atoms with Crippen LogP contribution in [0.15, 0.2) is 58.5 Å². The largest absolute Gasteiger partial charge is 0.369 e. The van der Waals surface area contributed by atoms with Crippen molar-refractivity contribution in [2.75, 3.05) is 10.6 Å². The average molecular weight is 419 g/mol. The minimum absolute atomic E-state index is 0.0320. The third kappa shape index (κ3) is 4.99. The van der Waals surface area contributed by atoms with Crippen LogP contribution in [-0.2, 0) is 9.59 Å². The Balaban J connectivity index is 1.62. The molecular formula is C18H16Cl2N6O2. The molecule has 1 heterocycles. The van der Waals surface area contributed by atoms with E-state index in [9.17, 15) is 9.59 Å². The van der Waals surface area contributed by atoms with E-state index in [0.717, 1.165) is 5.69 Å². The first-order valence-corrected chi connectivity index (χ1v) is 8.97. The summed E-state index contributed by atoms with van der Waals surface area (Å²) in [5.74, 6) is -0.794. The number of benzene rings is 2. The van der Waals surface area contributed by atoms with Gasteiger partial charge < -0.3 is 16.4 Å². The van der Waals surface area contributed by atoms with E-state index in [4.69, 9.17) is 28.9 Å². The van der Waals surface area contributed by atoms with Gasteiger partial charge >= 0.3 is 0 Å². The summed E-state index contributed by atoms with van der Waals surface area (Å²) < 4.78 is 0. The molecule has 1 aliphatic heterocycles. The van der Waals surface area contributed by atoms with Crippen LogP contribution in [0.3, 0.4) is 0 Å². The summed E-state index contributed by atoms with van der Waals surface area (Å²) in [7, 11) is 0.